The smallest absolute Gasteiger partial charge is 0.245 e. The molecule has 1 aliphatic heterocycles. The molecular formula is C31H37N7O3S4. The molecule has 14 heteroatoms. The van der Waals surface area contributed by atoms with Crippen LogP contribution in [0.5, 0.6) is 0 Å². The number of carbonyl (C=O) groups is 2. The van der Waals surface area contributed by atoms with Crippen LogP contribution in [0.1, 0.15) is 45.1 Å². The summed E-state index contributed by atoms with van der Waals surface area (Å²) >= 11 is 8.63. The van der Waals surface area contributed by atoms with Crippen LogP contribution in [0.4, 0.5) is 0 Å². The number of nitrogens with zero attached hydrogens (tertiary/aromatic N) is 4. The van der Waals surface area contributed by atoms with Gasteiger partial charge in [0.1, 0.15) is 22.2 Å². The third kappa shape index (κ3) is 8.41. The van der Waals surface area contributed by atoms with Crippen molar-refractivity contribution in [3.63, 3.8) is 0 Å². The lowest BCUT2D eigenvalue weighted by molar-refractivity contribution is -0.122. The van der Waals surface area contributed by atoms with E-state index in [0.717, 1.165) is 32.9 Å². The SMILES string of the molecule is CNC(=O)[C@H](N)CS.CNC(=O)[C@H]1CSC(c2nc3cc4c(cc3s2)CCC4)=N1.CO.N#Cc1nc2cc3c(cc2s1)CCC3. The predicted molar refractivity (Wildman–Crippen MR) is 189 cm³/mol. The number of aliphatic hydroxyl groups excluding tert-OH is 1. The fourth-order valence-corrected chi connectivity index (χ4v) is 8.28. The van der Waals surface area contributed by atoms with Gasteiger partial charge < -0.3 is 21.5 Å². The summed E-state index contributed by atoms with van der Waals surface area (Å²) < 4.78 is 2.39. The monoisotopic (exact) mass is 683 g/mol. The lowest BCUT2D eigenvalue weighted by atomic mass is 10.1. The number of likely N-dealkylation sites (N-methyl/N-ethyl adjacent to an activating group) is 2. The van der Waals surface area contributed by atoms with E-state index in [9.17, 15) is 9.59 Å². The highest BCUT2D eigenvalue weighted by atomic mass is 32.2. The van der Waals surface area contributed by atoms with Crippen molar-refractivity contribution in [2.45, 2.75) is 50.6 Å². The summed E-state index contributed by atoms with van der Waals surface area (Å²) in [5, 5.41) is 23.2. The summed E-state index contributed by atoms with van der Waals surface area (Å²) in [7, 11) is 4.20. The standard InChI is InChI=1S/C15H15N3OS2.C11H8N2S.C4H10N2OS.CH4O/c1-16-13(19)11-7-20-14(18-11)15-17-10-5-8-3-2-4-9(8)6-12(10)21-15;12-6-11-13-9-4-7-2-1-3-8(7)5-10(9)14-11;1-6-4(7)3(5)2-8;1-2/h5-6,11H,2-4,7H2,1H3,(H,16,19);4-5H,1-3H2;3,8H,2,5H2,1H3,(H,6,7);2H,1H3/t11-;;3-;/m1.1./s1. The maximum absolute atomic E-state index is 11.7. The molecular weight excluding hydrogens is 647 g/mol. The van der Waals surface area contributed by atoms with Crippen molar-refractivity contribution in [3.8, 4) is 6.07 Å². The number of aliphatic hydroxyl groups is 1. The summed E-state index contributed by atoms with van der Waals surface area (Å²) in [6.45, 7) is 0. The second kappa shape index (κ2) is 16.5. The molecule has 0 radical (unpaired) electrons. The van der Waals surface area contributed by atoms with E-state index < -0.39 is 6.04 Å². The van der Waals surface area contributed by atoms with Crippen molar-refractivity contribution in [1.82, 2.24) is 20.6 Å². The number of nitriles is 1. The summed E-state index contributed by atoms with van der Waals surface area (Å²) in [5.74, 6) is 0.916. The van der Waals surface area contributed by atoms with Crippen LogP contribution in [0, 0.1) is 11.3 Å². The highest BCUT2D eigenvalue weighted by Gasteiger charge is 2.27. The molecule has 10 nitrogen and oxygen atoms in total. The van der Waals surface area contributed by atoms with Crippen molar-refractivity contribution in [2.24, 2.45) is 10.7 Å². The summed E-state index contributed by atoms with van der Waals surface area (Å²) in [4.78, 5) is 35.6. The molecule has 2 aliphatic carbocycles. The van der Waals surface area contributed by atoms with E-state index in [1.54, 1.807) is 37.2 Å². The first-order chi connectivity index (χ1) is 21.8. The number of aryl methyl sites for hydroxylation is 4. The molecule has 0 saturated carbocycles. The largest absolute Gasteiger partial charge is 0.400 e. The maximum atomic E-state index is 11.7. The van der Waals surface area contributed by atoms with Gasteiger partial charge in [0, 0.05) is 32.7 Å². The van der Waals surface area contributed by atoms with E-state index in [2.05, 4.69) is 63.6 Å². The van der Waals surface area contributed by atoms with Gasteiger partial charge in [-0.25, -0.2) is 9.97 Å². The zero-order valence-corrected chi connectivity index (χ0v) is 28.8. The molecule has 2 aromatic carbocycles. The Morgan fingerprint density at radius 2 is 1.53 bits per heavy atom. The quantitative estimate of drug-likeness (QED) is 0.203. The van der Waals surface area contributed by atoms with Crippen molar-refractivity contribution in [1.29, 1.82) is 5.26 Å². The van der Waals surface area contributed by atoms with E-state index >= 15 is 0 Å². The van der Waals surface area contributed by atoms with Crippen molar-refractivity contribution in [3.05, 3.63) is 56.5 Å². The van der Waals surface area contributed by atoms with Crippen LogP contribution in [0.15, 0.2) is 29.3 Å². The number of hydrogen-bond acceptors (Lipinski definition) is 12. The highest BCUT2D eigenvalue weighted by molar-refractivity contribution is 8.15. The molecule has 45 heavy (non-hydrogen) atoms. The number of thiazole rings is 2. The Kier molecular flexibility index (Phi) is 12.8. The van der Waals surface area contributed by atoms with Gasteiger partial charge in [-0.3, -0.25) is 14.6 Å². The average Bonchev–Trinajstić information content (AvgIpc) is 3.91. The van der Waals surface area contributed by atoms with Crippen LogP contribution in [0.25, 0.3) is 20.4 Å². The van der Waals surface area contributed by atoms with Gasteiger partial charge in [0.05, 0.1) is 26.5 Å². The van der Waals surface area contributed by atoms with Crippen molar-refractivity contribution < 1.29 is 14.7 Å². The van der Waals surface area contributed by atoms with Crippen molar-refractivity contribution in [2.75, 3.05) is 32.7 Å². The summed E-state index contributed by atoms with van der Waals surface area (Å²) in [5.41, 5.74) is 13.1. The minimum atomic E-state index is -0.469. The molecule has 0 saturated heterocycles. The first kappa shape index (κ1) is 34.8. The van der Waals surface area contributed by atoms with Crippen LogP contribution in [0.3, 0.4) is 0 Å². The van der Waals surface area contributed by atoms with Crippen LogP contribution in [0.2, 0.25) is 0 Å². The molecule has 0 fully saturated rings. The molecule has 2 aromatic heterocycles. The number of fused-ring (bicyclic) bond motifs is 4. The lowest BCUT2D eigenvalue weighted by Crippen LogP contribution is -2.39. The van der Waals surface area contributed by atoms with E-state index in [1.807, 2.05) is 0 Å². The van der Waals surface area contributed by atoms with E-state index in [4.69, 9.17) is 21.1 Å². The fraction of sp³-hybridized carbons (Fsp3) is 0.419. The third-order valence-corrected chi connectivity index (χ3v) is 11.0. The lowest BCUT2D eigenvalue weighted by Gasteiger charge is -2.03. The first-order valence-electron chi connectivity index (χ1n) is 14.5. The van der Waals surface area contributed by atoms with E-state index in [-0.39, 0.29) is 17.9 Å². The molecule has 0 unspecified atom stereocenters. The van der Waals surface area contributed by atoms with Gasteiger partial charge in [0.25, 0.3) is 0 Å². The van der Waals surface area contributed by atoms with E-state index in [0.29, 0.717) is 16.5 Å². The highest BCUT2D eigenvalue weighted by Crippen LogP contribution is 2.34. The van der Waals surface area contributed by atoms with Gasteiger partial charge in [0.2, 0.25) is 11.8 Å². The zero-order valence-electron chi connectivity index (χ0n) is 25.4. The van der Waals surface area contributed by atoms with Gasteiger partial charge in [-0.05, 0) is 85.0 Å². The van der Waals surface area contributed by atoms with Crippen LogP contribution >= 0.6 is 47.1 Å². The van der Waals surface area contributed by atoms with Crippen LogP contribution < -0.4 is 16.4 Å². The number of benzene rings is 2. The Labute approximate surface area is 280 Å². The minimum absolute atomic E-state index is 0.0161. The molecule has 238 valence electrons. The van der Waals surface area contributed by atoms with Crippen LogP contribution in [-0.2, 0) is 35.3 Å². The molecule has 3 aliphatic rings. The summed E-state index contributed by atoms with van der Waals surface area (Å²) in [6, 6.07) is 10.2. The van der Waals surface area contributed by atoms with Gasteiger partial charge >= 0.3 is 0 Å². The molecule has 3 heterocycles. The third-order valence-electron chi connectivity index (χ3n) is 7.46. The van der Waals surface area contributed by atoms with Gasteiger partial charge in [0.15, 0.2) is 5.01 Å². The number of nitrogens with one attached hydrogen (secondary N) is 2. The number of carbonyl (C=O) groups excluding carboxylic acids is 2. The molecule has 2 amide bonds. The van der Waals surface area contributed by atoms with Gasteiger partial charge in [-0.15, -0.1) is 34.4 Å². The maximum Gasteiger partial charge on any atom is 0.245 e. The van der Waals surface area contributed by atoms with E-state index in [1.165, 1.54) is 76.8 Å². The predicted octanol–water partition coefficient (Wildman–Crippen LogP) is 3.65. The topological polar surface area (TPSA) is 166 Å². The number of amides is 2. The first-order valence-corrected chi connectivity index (χ1v) is 17.8. The molecule has 0 spiro atoms. The Morgan fingerprint density at radius 1 is 0.978 bits per heavy atom. The zero-order chi connectivity index (χ0) is 32.5. The minimum Gasteiger partial charge on any atom is -0.400 e. The number of rotatable bonds is 4. The Balaban J connectivity index is 0.000000166. The summed E-state index contributed by atoms with van der Waals surface area (Å²) in [6.07, 6.45) is 7.24. The number of nitrogens with two attached hydrogens (primary N) is 1. The number of thioether (sulfide) groups is 1. The Hall–Kier alpha value is -3.06. The average molecular weight is 684 g/mol. The Bertz CT molecular complexity index is 1660. The van der Waals surface area contributed by atoms with Gasteiger partial charge in [-0.1, -0.05) is 0 Å². The molecule has 5 N–H and O–H groups in total. The molecule has 0 bridgehead atoms. The molecule has 2 atom stereocenters. The molecule has 7 rings (SSSR count). The number of aliphatic imine (C=N–C) groups is 1. The number of aromatic nitrogens is 2. The Morgan fingerprint density at radius 3 is 2.04 bits per heavy atom. The van der Waals surface area contributed by atoms with Crippen molar-refractivity contribution >= 4 is 84.4 Å². The number of thiol groups is 1. The normalized spacial score (nSPS) is 16.5. The second-order valence-electron chi connectivity index (χ2n) is 10.3. The number of hydrogen-bond donors (Lipinski definition) is 5. The second-order valence-corrected chi connectivity index (χ2v) is 13.7. The fourth-order valence-electron chi connectivity index (χ4n) is 5.19. The molecule has 4 aromatic rings. The van der Waals surface area contributed by atoms with Gasteiger partial charge in [-0.2, -0.15) is 17.9 Å². The van der Waals surface area contributed by atoms with Crippen LogP contribution in [-0.4, -0.2) is 76.7 Å².